The molecule has 1 aliphatic rings. The van der Waals surface area contributed by atoms with Gasteiger partial charge < -0.3 is 4.57 Å². The van der Waals surface area contributed by atoms with Gasteiger partial charge in [0, 0.05) is 16.7 Å². The number of imidazole rings is 1. The smallest absolute Gasteiger partial charge is 0.143 e. The molecule has 20 heavy (non-hydrogen) atoms. The van der Waals surface area contributed by atoms with E-state index in [0.29, 0.717) is 11.4 Å². The number of hydrogen-bond acceptors (Lipinski definition) is 2. The molecule has 1 aromatic heterocycles. The van der Waals surface area contributed by atoms with Gasteiger partial charge >= 0.3 is 0 Å². The van der Waals surface area contributed by atoms with Crippen molar-refractivity contribution in [2.24, 2.45) is 0 Å². The fraction of sp³-hybridized carbons (Fsp3) is 0.333. The number of nitrogens with zero attached hydrogens (tertiary/aromatic N) is 3. The molecule has 0 saturated carbocycles. The van der Waals surface area contributed by atoms with E-state index in [1.165, 1.54) is 6.07 Å². The van der Waals surface area contributed by atoms with E-state index in [4.69, 9.17) is 5.26 Å². The Labute approximate surface area is 125 Å². The Kier molecular flexibility index (Phi) is 3.58. The molecule has 0 bridgehead atoms. The van der Waals surface area contributed by atoms with Crippen LogP contribution in [0.1, 0.15) is 24.2 Å². The van der Waals surface area contributed by atoms with Gasteiger partial charge in [-0.15, -0.1) is 0 Å². The third-order valence-corrected chi connectivity index (χ3v) is 4.11. The topological polar surface area (TPSA) is 41.6 Å². The molecule has 0 saturated heterocycles. The summed E-state index contributed by atoms with van der Waals surface area (Å²) < 4.78 is 17.0. The van der Waals surface area contributed by atoms with Gasteiger partial charge in [-0.3, -0.25) is 0 Å². The molecule has 2 aromatic rings. The third-order valence-electron chi connectivity index (χ3n) is 3.62. The highest BCUT2D eigenvalue weighted by atomic mass is 79.9. The number of rotatable bonds is 2. The fourth-order valence-corrected chi connectivity index (χ4v) is 3.07. The van der Waals surface area contributed by atoms with E-state index < -0.39 is 0 Å². The number of fused-ring (bicyclic) bond motifs is 1. The van der Waals surface area contributed by atoms with Crippen molar-refractivity contribution >= 4 is 15.9 Å². The van der Waals surface area contributed by atoms with Crippen LogP contribution in [0.25, 0.3) is 11.4 Å². The maximum atomic E-state index is 14.1. The number of hydrogen-bond donors (Lipinski definition) is 0. The largest absolute Gasteiger partial charge is 0.328 e. The summed E-state index contributed by atoms with van der Waals surface area (Å²) in [7, 11) is 0. The summed E-state index contributed by atoms with van der Waals surface area (Å²) >= 11 is 3.37. The predicted octanol–water partition coefficient (Wildman–Crippen LogP) is 3.85. The highest BCUT2D eigenvalue weighted by Gasteiger charge is 2.22. The lowest BCUT2D eigenvalue weighted by atomic mass is 10.1. The average Bonchev–Trinajstić information content (AvgIpc) is 2.81. The van der Waals surface area contributed by atoms with E-state index in [0.717, 1.165) is 41.7 Å². The summed E-state index contributed by atoms with van der Waals surface area (Å²) in [5.41, 5.74) is 2.38. The van der Waals surface area contributed by atoms with Crippen LogP contribution in [0.2, 0.25) is 0 Å². The van der Waals surface area contributed by atoms with Crippen LogP contribution in [0.15, 0.2) is 22.7 Å². The van der Waals surface area contributed by atoms with Gasteiger partial charge in [-0.1, -0.05) is 15.9 Å². The van der Waals surface area contributed by atoms with E-state index in [1.807, 2.05) is 0 Å². The van der Waals surface area contributed by atoms with Crippen molar-refractivity contribution in [3.63, 3.8) is 0 Å². The number of nitriles is 1. The second-order valence-corrected chi connectivity index (χ2v) is 5.81. The molecule has 102 valence electrons. The second kappa shape index (κ2) is 5.37. The van der Waals surface area contributed by atoms with Crippen LogP contribution in [0.3, 0.4) is 0 Å². The zero-order valence-corrected chi connectivity index (χ0v) is 12.5. The molecule has 0 amide bonds. The van der Waals surface area contributed by atoms with Crippen LogP contribution in [-0.2, 0) is 19.4 Å². The van der Waals surface area contributed by atoms with Gasteiger partial charge in [-0.25, -0.2) is 9.37 Å². The van der Waals surface area contributed by atoms with Gasteiger partial charge in [0.1, 0.15) is 11.6 Å². The Balaban J connectivity index is 2.18. The molecule has 0 fully saturated rings. The number of benzene rings is 1. The summed E-state index contributed by atoms with van der Waals surface area (Å²) in [6.07, 6.45) is 3.37. The van der Waals surface area contributed by atoms with Crippen molar-refractivity contribution in [2.45, 2.75) is 32.2 Å². The van der Waals surface area contributed by atoms with Crippen LogP contribution >= 0.6 is 15.9 Å². The van der Waals surface area contributed by atoms with Crippen LogP contribution < -0.4 is 0 Å². The monoisotopic (exact) mass is 333 g/mol. The van der Waals surface area contributed by atoms with E-state index in [1.54, 1.807) is 12.1 Å². The maximum Gasteiger partial charge on any atom is 0.143 e. The van der Waals surface area contributed by atoms with Gasteiger partial charge in [0.25, 0.3) is 0 Å². The van der Waals surface area contributed by atoms with Crippen LogP contribution in [0.5, 0.6) is 0 Å². The summed E-state index contributed by atoms with van der Waals surface area (Å²) in [6.45, 7) is 0.842. The average molecular weight is 334 g/mol. The highest BCUT2D eigenvalue weighted by molar-refractivity contribution is 9.10. The summed E-state index contributed by atoms with van der Waals surface area (Å²) in [4.78, 5) is 4.53. The second-order valence-electron chi connectivity index (χ2n) is 4.90. The third kappa shape index (κ3) is 2.25. The molecular weight excluding hydrogens is 321 g/mol. The first-order valence-corrected chi connectivity index (χ1v) is 7.40. The molecule has 0 radical (unpaired) electrons. The zero-order valence-electron chi connectivity index (χ0n) is 10.9. The van der Waals surface area contributed by atoms with E-state index in [9.17, 15) is 4.39 Å². The van der Waals surface area contributed by atoms with Crippen molar-refractivity contribution in [3.8, 4) is 17.5 Å². The first-order chi connectivity index (χ1) is 9.70. The number of aromatic nitrogens is 2. The molecule has 5 heteroatoms. The van der Waals surface area contributed by atoms with Gasteiger partial charge in [0.15, 0.2) is 0 Å². The molecule has 1 aromatic carbocycles. The summed E-state index contributed by atoms with van der Waals surface area (Å²) in [5, 5.41) is 8.92. The molecule has 0 atom stereocenters. The Morgan fingerprint density at radius 1 is 1.40 bits per heavy atom. The minimum atomic E-state index is -0.282. The van der Waals surface area contributed by atoms with Gasteiger partial charge in [0.05, 0.1) is 23.7 Å². The highest BCUT2D eigenvalue weighted by Crippen LogP contribution is 2.30. The lowest BCUT2D eigenvalue weighted by Crippen LogP contribution is -2.12. The standard InChI is InChI=1S/C15H13BrFN3/c16-10-4-5-12(17)11(9-10)15-19-13(6-7-18)14-3-1-2-8-20(14)15/h4-5,9H,1-3,6,8H2. The zero-order chi connectivity index (χ0) is 14.1. The Hall–Kier alpha value is -1.67. The Morgan fingerprint density at radius 3 is 3.05 bits per heavy atom. The molecule has 3 rings (SSSR count). The normalized spacial score (nSPS) is 13.8. The lowest BCUT2D eigenvalue weighted by molar-refractivity contribution is 0.532. The number of halogens is 2. The molecule has 0 aliphatic carbocycles. The van der Waals surface area contributed by atoms with Crippen LogP contribution in [0.4, 0.5) is 4.39 Å². The Morgan fingerprint density at radius 2 is 2.25 bits per heavy atom. The molecule has 2 heterocycles. The van der Waals surface area contributed by atoms with Crippen LogP contribution in [-0.4, -0.2) is 9.55 Å². The van der Waals surface area contributed by atoms with E-state index >= 15 is 0 Å². The minimum absolute atomic E-state index is 0.282. The van der Waals surface area contributed by atoms with Crippen molar-refractivity contribution in [1.82, 2.24) is 9.55 Å². The van der Waals surface area contributed by atoms with E-state index in [-0.39, 0.29) is 12.2 Å². The fourth-order valence-electron chi connectivity index (χ4n) is 2.71. The lowest BCUT2D eigenvalue weighted by Gasteiger charge is -2.17. The SMILES string of the molecule is N#CCc1nc(-c2cc(Br)ccc2F)n2c1CCCC2. The van der Waals surface area contributed by atoms with Crippen molar-refractivity contribution in [2.75, 3.05) is 0 Å². The first kappa shape index (κ1) is 13.3. The predicted molar refractivity (Wildman–Crippen MR) is 77.6 cm³/mol. The molecule has 0 spiro atoms. The molecule has 0 unspecified atom stereocenters. The molecule has 1 aliphatic heterocycles. The van der Waals surface area contributed by atoms with Crippen LogP contribution in [0, 0.1) is 17.1 Å². The summed E-state index contributed by atoms with van der Waals surface area (Å²) in [6, 6.07) is 7.01. The van der Waals surface area contributed by atoms with Gasteiger partial charge in [0.2, 0.25) is 0 Å². The maximum absolute atomic E-state index is 14.1. The molecule has 3 nitrogen and oxygen atoms in total. The van der Waals surface area contributed by atoms with Gasteiger partial charge in [-0.05, 0) is 37.5 Å². The molecular formula is C15H13BrFN3. The van der Waals surface area contributed by atoms with Crippen molar-refractivity contribution < 1.29 is 4.39 Å². The van der Waals surface area contributed by atoms with Crippen molar-refractivity contribution in [3.05, 3.63) is 39.9 Å². The Bertz CT molecular complexity index is 700. The summed E-state index contributed by atoms with van der Waals surface area (Å²) in [5.74, 6) is 0.360. The quantitative estimate of drug-likeness (QED) is 0.837. The van der Waals surface area contributed by atoms with Gasteiger partial charge in [-0.2, -0.15) is 5.26 Å². The van der Waals surface area contributed by atoms with E-state index in [2.05, 4.69) is 31.6 Å². The molecule has 0 N–H and O–H groups in total. The van der Waals surface area contributed by atoms with Crippen molar-refractivity contribution in [1.29, 1.82) is 5.26 Å². The minimum Gasteiger partial charge on any atom is -0.328 e. The first-order valence-electron chi connectivity index (χ1n) is 6.61.